The molecule has 0 fully saturated rings. The lowest BCUT2D eigenvalue weighted by Crippen LogP contribution is -2.25. The average Bonchev–Trinajstić information content (AvgIpc) is 3.28. The van der Waals surface area contributed by atoms with E-state index in [0.717, 1.165) is 17.7 Å². The Morgan fingerprint density at radius 2 is 1.68 bits per heavy atom. The van der Waals surface area contributed by atoms with E-state index in [2.05, 4.69) is 10.4 Å². The van der Waals surface area contributed by atoms with Crippen molar-refractivity contribution in [2.75, 3.05) is 0 Å². The topological polar surface area (TPSA) is 90.1 Å². The van der Waals surface area contributed by atoms with Crippen molar-refractivity contribution < 1.29 is 22.9 Å². The van der Waals surface area contributed by atoms with Crippen molar-refractivity contribution in [3.63, 3.8) is 0 Å². The van der Waals surface area contributed by atoms with Gasteiger partial charge in [-0.3, -0.25) is 14.9 Å². The van der Waals surface area contributed by atoms with Gasteiger partial charge in [-0.05, 0) is 35.9 Å². The minimum absolute atomic E-state index is 0.116. The molecular formula is C24H17F3N4O3. The Kier molecular flexibility index (Phi) is 6.13. The second-order valence-corrected chi connectivity index (χ2v) is 7.35. The van der Waals surface area contributed by atoms with Crippen LogP contribution in [0.1, 0.15) is 21.6 Å². The van der Waals surface area contributed by atoms with Gasteiger partial charge in [-0.2, -0.15) is 18.3 Å². The van der Waals surface area contributed by atoms with Crippen molar-refractivity contribution in [2.45, 2.75) is 12.7 Å². The van der Waals surface area contributed by atoms with Crippen LogP contribution in [0.25, 0.3) is 16.9 Å². The van der Waals surface area contributed by atoms with E-state index in [0.29, 0.717) is 11.4 Å². The van der Waals surface area contributed by atoms with Gasteiger partial charge in [0, 0.05) is 24.2 Å². The molecule has 7 nitrogen and oxygen atoms in total. The largest absolute Gasteiger partial charge is 0.416 e. The number of nitro benzene ring substituents is 1. The molecule has 172 valence electrons. The van der Waals surface area contributed by atoms with E-state index in [1.165, 1.54) is 41.1 Å². The number of hydrogen-bond donors (Lipinski definition) is 1. The Labute approximate surface area is 191 Å². The van der Waals surface area contributed by atoms with Crippen molar-refractivity contribution >= 4 is 11.6 Å². The number of nitro groups is 1. The third-order valence-corrected chi connectivity index (χ3v) is 5.02. The Morgan fingerprint density at radius 1 is 0.971 bits per heavy atom. The zero-order valence-corrected chi connectivity index (χ0v) is 17.5. The van der Waals surface area contributed by atoms with E-state index in [9.17, 15) is 28.1 Å². The van der Waals surface area contributed by atoms with Crippen molar-refractivity contribution in [1.29, 1.82) is 0 Å². The Morgan fingerprint density at radius 3 is 2.32 bits per heavy atom. The molecule has 0 atom stereocenters. The van der Waals surface area contributed by atoms with Crippen molar-refractivity contribution in [2.24, 2.45) is 0 Å². The molecule has 0 saturated heterocycles. The SMILES string of the molecule is O=C(NCc1cccc(C(F)(F)F)c1)c1cc(-c2ccccc2)nn1-c1ccc([N+](=O)[O-])cc1. The second-order valence-electron chi connectivity index (χ2n) is 7.35. The van der Waals surface area contributed by atoms with E-state index < -0.39 is 22.6 Å². The van der Waals surface area contributed by atoms with E-state index in [4.69, 9.17) is 0 Å². The highest BCUT2D eigenvalue weighted by Crippen LogP contribution is 2.29. The maximum Gasteiger partial charge on any atom is 0.416 e. The average molecular weight is 466 g/mol. The first-order valence-electron chi connectivity index (χ1n) is 10.1. The smallest absolute Gasteiger partial charge is 0.347 e. The number of rotatable bonds is 6. The maximum absolute atomic E-state index is 13.0. The van der Waals surface area contributed by atoms with Gasteiger partial charge < -0.3 is 5.32 Å². The predicted molar refractivity (Wildman–Crippen MR) is 118 cm³/mol. The molecule has 0 aliphatic heterocycles. The van der Waals surface area contributed by atoms with Crippen molar-refractivity contribution in [3.8, 4) is 16.9 Å². The molecule has 10 heteroatoms. The van der Waals surface area contributed by atoms with Crippen LogP contribution < -0.4 is 5.32 Å². The summed E-state index contributed by atoms with van der Waals surface area (Å²) in [5, 5.41) is 18.1. The van der Waals surface area contributed by atoms with Crippen LogP contribution in [-0.2, 0) is 12.7 Å². The summed E-state index contributed by atoms with van der Waals surface area (Å²) in [4.78, 5) is 23.4. The molecule has 1 N–H and O–H groups in total. The summed E-state index contributed by atoms with van der Waals surface area (Å²) in [5.74, 6) is -0.564. The minimum atomic E-state index is -4.49. The van der Waals surface area contributed by atoms with Crippen molar-refractivity contribution in [3.05, 3.63) is 112 Å². The molecule has 1 heterocycles. The molecule has 4 aromatic rings. The van der Waals surface area contributed by atoms with E-state index in [-0.39, 0.29) is 23.5 Å². The van der Waals surface area contributed by atoms with Gasteiger partial charge in [0.15, 0.2) is 0 Å². The quantitative estimate of drug-likeness (QED) is 0.305. The lowest BCUT2D eigenvalue weighted by Gasteiger charge is -2.10. The van der Waals surface area contributed by atoms with Gasteiger partial charge in [-0.25, -0.2) is 4.68 Å². The summed E-state index contributed by atoms with van der Waals surface area (Å²) in [7, 11) is 0. The summed E-state index contributed by atoms with van der Waals surface area (Å²) in [6, 6.07) is 20.8. The molecule has 3 aromatic carbocycles. The van der Waals surface area contributed by atoms with Crippen LogP contribution in [-0.4, -0.2) is 20.6 Å². The third kappa shape index (κ3) is 4.96. The molecule has 0 saturated carbocycles. The summed E-state index contributed by atoms with van der Waals surface area (Å²) in [5.41, 5.74) is 1.14. The monoisotopic (exact) mass is 466 g/mol. The Hall–Kier alpha value is -4.47. The number of hydrogen-bond acceptors (Lipinski definition) is 4. The highest BCUT2D eigenvalue weighted by atomic mass is 19.4. The normalized spacial score (nSPS) is 11.3. The fourth-order valence-corrected chi connectivity index (χ4v) is 3.34. The van der Waals surface area contributed by atoms with Gasteiger partial charge in [0.25, 0.3) is 11.6 Å². The number of amides is 1. The number of carbonyl (C=O) groups excluding carboxylic acids is 1. The summed E-state index contributed by atoms with van der Waals surface area (Å²) >= 11 is 0. The molecule has 0 aliphatic carbocycles. The minimum Gasteiger partial charge on any atom is -0.347 e. The van der Waals surface area contributed by atoms with Crippen LogP contribution >= 0.6 is 0 Å². The third-order valence-electron chi connectivity index (χ3n) is 5.02. The van der Waals surface area contributed by atoms with Gasteiger partial charge in [-0.15, -0.1) is 0 Å². The molecule has 0 spiro atoms. The Balaban J connectivity index is 1.65. The van der Waals surface area contributed by atoms with Crippen LogP contribution in [0, 0.1) is 10.1 Å². The maximum atomic E-state index is 13.0. The van der Waals surface area contributed by atoms with Gasteiger partial charge in [-0.1, -0.05) is 42.5 Å². The van der Waals surface area contributed by atoms with Crippen LogP contribution in [0.4, 0.5) is 18.9 Å². The number of alkyl halides is 3. The summed E-state index contributed by atoms with van der Waals surface area (Å²) in [6.45, 7) is -0.130. The number of nitrogens with zero attached hydrogens (tertiary/aromatic N) is 3. The van der Waals surface area contributed by atoms with Gasteiger partial charge in [0.05, 0.1) is 21.9 Å². The molecule has 0 bridgehead atoms. The fraction of sp³-hybridized carbons (Fsp3) is 0.0833. The molecular weight excluding hydrogens is 449 g/mol. The molecule has 0 unspecified atom stereocenters. The number of carbonyl (C=O) groups is 1. The van der Waals surface area contributed by atoms with E-state index in [1.54, 1.807) is 6.07 Å². The van der Waals surface area contributed by atoms with Crippen LogP contribution in [0.2, 0.25) is 0 Å². The molecule has 0 aliphatic rings. The van der Waals surface area contributed by atoms with Crippen LogP contribution in [0.3, 0.4) is 0 Å². The molecule has 1 amide bonds. The van der Waals surface area contributed by atoms with Gasteiger partial charge >= 0.3 is 6.18 Å². The first kappa shape index (κ1) is 22.7. The lowest BCUT2D eigenvalue weighted by molar-refractivity contribution is -0.384. The number of aromatic nitrogens is 2. The first-order valence-corrected chi connectivity index (χ1v) is 10.1. The number of non-ortho nitro benzene ring substituents is 1. The van der Waals surface area contributed by atoms with Gasteiger partial charge in [0.1, 0.15) is 5.69 Å². The molecule has 1 aromatic heterocycles. The number of nitrogens with one attached hydrogen (secondary N) is 1. The number of benzene rings is 3. The second kappa shape index (κ2) is 9.18. The zero-order valence-electron chi connectivity index (χ0n) is 17.5. The number of halogens is 3. The lowest BCUT2D eigenvalue weighted by atomic mass is 10.1. The molecule has 0 radical (unpaired) electrons. The van der Waals surface area contributed by atoms with E-state index >= 15 is 0 Å². The van der Waals surface area contributed by atoms with Gasteiger partial charge in [0.2, 0.25) is 0 Å². The first-order chi connectivity index (χ1) is 16.2. The fourth-order valence-electron chi connectivity index (χ4n) is 3.34. The standard InChI is InChI=1S/C24H17F3N4O3/c25-24(26,27)18-8-4-5-16(13-18)15-28-23(32)22-14-21(17-6-2-1-3-7-17)29-30(22)19-9-11-20(12-10-19)31(33)34/h1-14H,15H2,(H,28,32). The summed E-state index contributed by atoms with van der Waals surface area (Å²) in [6.07, 6.45) is -4.49. The molecule has 34 heavy (non-hydrogen) atoms. The van der Waals surface area contributed by atoms with Crippen LogP contribution in [0.15, 0.2) is 84.9 Å². The highest BCUT2D eigenvalue weighted by molar-refractivity contribution is 5.94. The van der Waals surface area contributed by atoms with Crippen LogP contribution in [0.5, 0.6) is 0 Å². The Bertz CT molecular complexity index is 1330. The highest BCUT2D eigenvalue weighted by Gasteiger charge is 2.30. The van der Waals surface area contributed by atoms with Crippen molar-refractivity contribution in [1.82, 2.24) is 15.1 Å². The predicted octanol–water partition coefficient (Wildman–Crippen LogP) is 5.40. The summed E-state index contributed by atoms with van der Waals surface area (Å²) < 4.78 is 40.3. The molecule has 4 rings (SSSR count). The van der Waals surface area contributed by atoms with E-state index in [1.807, 2.05) is 30.3 Å². The zero-order chi connectivity index (χ0) is 24.3.